The van der Waals surface area contributed by atoms with Crippen LogP contribution >= 0.6 is 0 Å². The number of amidine groups is 1. The number of carboxylic acids is 1. The molecule has 5 rings (SSSR count). The monoisotopic (exact) mass is 525 g/mol. The van der Waals surface area contributed by atoms with Crippen molar-refractivity contribution in [3.63, 3.8) is 0 Å². The molecular formula is C25H27F4N3O5. The first kappa shape index (κ1) is 26.6. The number of hydrogen-bond donors (Lipinski definition) is 2. The molecule has 3 aliphatic rings. The number of alkyl halides is 3. The molecule has 1 saturated carbocycles. The Morgan fingerprint density at radius 3 is 2.59 bits per heavy atom. The number of aliphatic carboxylic acids is 1. The summed E-state index contributed by atoms with van der Waals surface area (Å²) in [6.07, 6.45) is -0.671. The number of pyridine rings is 1. The second kappa shape index (κ2) is 10.2. The summed E-state index contributed by atoms with van der Waals surface area (Å²) in [5.74, 6) is -2.44. The van der Waals surface area contributed by atoms with E-state index in [1.807, 2.05) is 18.2 Å². The Balaban J connectivity index is 0.000000405. The van der Waals surface area contributed by atoms with E-state index in [0.717, 1.165) is 36.1 Å². The number of rotatable bonds is 3. The normalized spacial score (nSPS) is 26.2. The van der Waals surface area contributed by atoms with Gasteiger partial charge in [-0.25, -0.2) is 14.8 Å². The highest BCUT2D eigenvalue weighted by atomic mass is 19.4. The molecule has 1 spiro atoms. The van der Waals surface area contributed by atoms with E-state index < -0.39 is 23.6 Å². The fraction of sp³-hybridized carbons (Fsp3) is 0.480. The van der Waals surface area contributed by atoms with Gasteiger partial charge in [0.25, 0.3) is 6.02 Å². The zero-order chi connectivity index (χ0) is 27.0. The maximum Gasteiger partial charge on any atom is 0.490 e. The van der Waals surface area contributed by atoms with Crippen molar-refractivity contribution in [3.8, 4) is 16.9 Å². The molecule has 1 fully saturated rings. The lowest BCUT2D eigenvalue weighted by atomic mass is 9.67. The predicted octanol–water partition coefficient (Wildman–Crippen LogP) is 4.42. The summed E-state index contributed by atoms with van der Waals surface area (Å²) in [7, 11) is 0. The van der Waals surface area contributed by atoms with Crippen LogP contribution in [0.15, 0.2) is 41.5 Å². The number of fused-ring (bicyclic) bond motifs is 4. The molecule has 37 heavy (non-hydrogen) atoms. The lowest BCUT2D eigenvalue weighted by Crippen LogP contribution is -2.52. The predicted molar refractivity (Wildman–Crippen MR) is 124 cm³/mol. The van der Waals surface area contributed by atoms with E-state index in [0.29, 0.717) is 12.2 Å². The number of nitrogens with two attached hydrogens (primary N) is 1. The zero-order valence-electron chi connectivity index (χ0n) is 20.2. The number of halogens is 4. The molecule has 3 N–H and O–H groups in total. The zero-order valence-corrected chi connectivity index (χ0v) is 20.2. The first-order chi connectivity index (χ1) is 17.4. The van der Waals surface area contributed by atoms with Gasteiger partial charge in [-0.2, -0.15) is 17.6 Å². The number of carboxylic acid groups (broad SMARTS) is 1. The second-order valence-corrected chi connectivity index (χ2v) is 9.40. The van der Waals surface area contributed by atoms with Crippen molar-refractivity contribution in [3.05, 3.63) is 48.0 Å². The standard InChI is InChI=1S/C23H26FN3O3.C2HF3O2/c1-13(2)29-15-6-8-20-18(11-15)23(12-28-22(25)27-23)17-10-14(5-7-19(17)30-20)16-4-3-9-26-21(16)24;3-2(4,5)1(6)7/h3-5,7,9-10,13,15,18,20H,6,8,11-12H2,1-2H3,(H2,25,27);(H,6,7)/t15-,18+,20+,23+;/m1./s1. The average molecular weight is 525 g/mol. The highest BCUT2D eigenvalue weighted by molar-refractivity contribution is 5.75. The summed E-state index contributed by atoms with van der Waals surface area (Å²) in [4.78, 5) is 17.5. The summed E-state index contributed by atoms with van der Waals surface area (Å²) in [5.41, 5.74) is 7.39. The van der Waals surface area contributed by atoms with E-state index in [1.165, 1.54) is 6.20 Å². The Labute approximate surface area is 210 Å². The van der Waals surface area contributed by atoms with Crippen LogP contribution in [0.3, 0.4) is 0 Å². The first-order valence-electron chi connectivity index (χ1n) is 11.8. The molecule has 3 heterocycles. The van der Waals surface area contributed by atoms with Crippen molar-refractivity contribution >= 4 is 12.0 Å². The Hall–Kier alpha value is -3.41. The molecule has 1 aromatic carbocycles. The molecule has 2 aromatic rings. The van der Waals surface area contributed by atoms with Gasteiger partial charge in [0, 0.05) is 23.2 Å². The van der Waals surface area contributed by atoms with Gasteiger partial charge >= 0.3 is 12.1 Å². The summed E-state index contributed by atoms with van der Waals surface area (Å²) in [5, 5.41) is 7.12. The molecule has 0 bridgehead atoms. The molecule has 12 heteroatoms. The van der Waals surface area contributed by atoms with Crippen molar-refractivity contribution < 1.29 is 41.7 Å². The third-order valence-corrected chi connectivity index (χ3v) is 6.60. The van der Waals surface area contributed by atoms with E-state index in [9.17, 15) is 17.6 Å². The maximum atomic E-state index is 14.3. The van der Waals surface area contributed by atoms with Gasteiger partial charge in [0.15, 0.2) is 0 Å². The minimum Gasteiger partial charge on any atom is -0.490 e. The van der Waals surface area contributed by atoms with E-state index >= 15 is 0 Å². The summed E-state index contributed by atoms with van der Waals surface area (Å²) in [6, 6.07) is 9.35. The fourth-order valence-corrected chi connectivity index (χ4v) is 5.13. The molecule has 0 saturated heterocycles. The lowest BCUT2D eigenvalue weighted by molar-refractivity contribution is -0.192. The molecule has 0 unspecified atom stereocenters. The van der Waals surface area contributed by atoms with Gasteiger partial charge in [0.05, 0.1) is 12.2 Å². The number of aromatic nitrogens is 1. The van der Waals surface area contributed by atoms with E-state index in [1.54, 1.807) is 12.1 Å². The van der Waals surface area contributed by atoms with Crippen molar-refractivity contribution in [2.75, 3.05) is 6.61 Å². The van der Waals surface area contributed by atoms with Gasteiger partial charge in [0.2, 0.25) is 5.95 Å². The number of hydrogen-bond acceptors (Lipinski definition) is 7. The van der Waals surface area contributed by atoms with Crippen LogP contribution in [0.5, 0.6) is 5.75 Å². The highest BCUT2D eigenvalue weighted by Crippen LogP contribution is 2.53. The van der Waals surface area contributed by atoms with E-state index in [-0.39, 0.29) is 30.3 Å². The van der Waals surface area contributed by atoms with Crippen LogP contribution in [-0.4, -0.2) is 53.2 Å². The van der Waals surface area contributed by atoms with Crippen molar-refractivity contribution in [1.29, 1.82) is 0 Å². The second-order valence-electron chi connectivity index (χ2n) is 9.40. The topological polar surface area (TPSA) is 116 Å². The number of aliphatic imine (C=N–C) groups is 1. The molecule has 200 valence electrons. The van der Waals surface area contributed by atoms with Gasteiger partial charge in [-0.1, -0.05) is 6.07 Å². The fourth-order valence-electron chi connectivity index (χ4n) is 5.13. The third kappa shape index (κ3) is 5.48. The molecule has 1 aromatic heterocycles. The van der Waals surface area contributed by atoms with Crippen LogP contribution in [0, 0.1) is 11.9 Å². The van der Waals surface area contributed by atoms with Crippen LogP contribution < -0.4 is 10.5 Å². The van der Waals surface area contributed by atoms with Gasteiger partial charge < -0.3 is 25.1 Å². The number of nitrogens with zero attached hydrogens (tertiary/aromatic N) is 2. The Kier molecular flexibility index (Phi) is 7.31. The van der Waals surface area contributed by atoms with Crippen LogP contribution in [0.25, 0.3) is 11.1 Å². The van der Waals surface area contributed by atoms with Crippen molar-refractivity contribution in [2.45, 2.75) is 63.1 Å². The number of ether oxygens (including phenoxy) is 3. The number of carbonyl (C=O) groups is 1. The average Bonchev–Trinajstić information content (AvgIpc) is 3.21. The third-order valence-electron chi connectivity index (χ3n) is 6.60. The highest BCUT2D eigenvalue weighted by Gasteiger charge is 2.55. The molecule has 0 radical (unpaired) electrons. The first-order valence-corrected chi connectivity index (χ1v) is 11.8. The van der Waals surface area contributed by atoms with Gasteiger partial charge in [-0.3, -0.25) is 0 Å². The molecule has 8 nitrogen and oxygen atoms in total. The molecule has 1 aliphatic carbocycles. The van der Waals surface area contributed by atoms with Crippen LogP contribution in [-0.2, 0) is 19.8 Å². The van der Waals surface area contributed by atoms with E-state index in [2.05, 4.69) is 18.8 Å². The molecule has 4 atom stereocenters. The number of benzene rings is 1. The van der Waals surface area contributed by atoms with Gasteiger partial charge in [-0.05, 0) is 62.9 Å². The van der Waals surface area contributed by atoms with Gasteiger partial charge in [0.1, 0.15) is 24.0 Å². The van der Waals surface area contributed by atoms with Crippen molar-refractivity contribution in [1.82, 2.24) is 4.98 Å². The van der Waals surface area contributed by atoms with Gasteiger partial charge in [-0.15, -0.1) is 0 Å². The maximum absolute atomic E-state index is 14.3. The summed E-state index contributed by atoms with van der Waals surface area (Å²) < 4.78 is 64.3. The van der Waals surface area contributed by atoms with Crippen molar-refractivity contribution in [2.24, 2.45) is 16.6 Å². The minimum absolute atomic E-state index is 0.0174. The van der Waals surface area contributed by atoms with Crippen LogP contribution in [0.2, 0.25) is 0 Å². The Bertz CT molecular complexity index is 1190. The van der Waals surface area contributed by atoms with Crippen LogP contribution in [0.1, 0.15) is 38.7 Å². The molecular weight excluding hydrogens is 498 g/mol. The van der Waals surface area contributed by atoms with Crippen LogP contribution in [0.4, 0.5) is 17.6 Å². The minimum atomic E-state index is -5.08. The SMILES string of the molecule is CC(C)O[C@@H]1CC[C@@H]2Oc3ccc(-c4cccnc4F)cc3[C@@]3(COC(N)=N3)[C@H]2C1.O=C(O)C(F)(F)F. The lowest BCUT2D eigenvalue weighted by Gasteiger charge is -2.48. The quantitative estimate of drug-likeness (QED) is 0.450. The Morgan fingerprint density at radius 2 is 2.00 bits per heavy atom. The molecule has 0 amide bonds. The smallest absolute Gasteiger partial charge is 0.490 e. The van der Waals surface area contributed by atoms with E-state index in [4.69, 9.17) is 34.8 Å². The summed E-state index contributed by atoms with van der Waals surface area (Å²) in [6.45, 7) is 4.46. The molecule has 2 aliphatic heterocycles. The largest absolute Gasteiger partial charge is 0.490 e. The Morgan fingerprint density at radius 1 is 1.27 bits per heavy atom. The summed E-state index contributed by atoms with van der Waals surface area (Å²) >= 11 is 0.